The second kappa shape index (κ2) is 7.00. The van der Waals surface area contributed by atoms with Crippen molar-refractivity contribution in [1.82, 2.24) is 9.80 Å². The van der Waals surface area contributed by atoms with Crippen molar-refractivity contribution < 1.29 is 0 Å². The molecule has 2 aliphatic heterocycles. The summed E-state index contributed by atoms with van der Waals surface area (Å²) in [6, 6.07) is 0. The minimum atomic E-state index is 0.391. The second-order valence-corrected chi connectivity index (χ2v) is 8.37. The van der Waals surface area contributed by atoms with Gasteiger partial charge in [-0.25, -0.2) is 0 Å². The van der Waals surface area contributed by atoms with Gasteiger partial charge in [0.15, 0.2) is 0 Å². The molecule has 0 N–H and O–H groups in total. The van der Waals surface area contributed by atoms with Gasteiger partial charge in [0.05, 0.1) is 0 Å². The van der Waals surface area contributed by atoms with E-state index in [0.717, 1.165) is 5.92 Å². The standard InChI is InChI=1S/C19H38N2/c1-6-18(3,4)21-14-11-17(16-21)15-19(5,7-2)20-12-9-8-10-13-20/h17H,6-16H2,1-5H3. The Labute approximate surface area is 133 Å². The zero-order valence-electron chi connectivity index (χ0n) is 15.2. The van der Waals surface area contributed by atoms with Crippen molar-refractivity contribution in [3.05, 3.63) is 0 Å². The molecule has 0 aromatic rings. The van der Waals surface area contributed by atoms with E-state index in [2.05, 4.69) is 44.4 Å². The lowest BCUT2D eigenvalue weighted by Crippen LogP contribution is -2.50. The predicted molar refractivity (Wildman–Crippen MR) is 92.8 cm³/mol. The number of hydrogen-bond acceptors (Lipinski definition) is 2. The van der Waals surface area contributed by atoms with E-state index in [1.165, 1.54) is 71.1 Å². The molecule has 2 unspecified atom stereocenters. The summed E-state index contributed by atoms with van der Waals surface area (Å²) in [6.45, 7) is 17.4. The molecular weight excluding hydrogens is 256 g/mol. The third-order valence-electron chi connectivity index (χ3n) is 6.62. The van der Waals surface area contributed by atoms with E-state index in [0.29, 0.717) is 11.1 Å². The molecule has 0 aliphatic carbocycles. The monoisotopic (exact) mass is 294 g/mol. The topological polar surface area (TPSA) is 6.48 Å². The highest BCUT2D eigenvalue weighted by Gasteiger charge is 2.38. The molecule has 2 atom stereocenters. The largest absolute Gasteiger partial charge is 0.298 e. The molecule has 2 heterocycles. The minimum absolute atomic E-state index is 0.391. The summed E-state index contributed by atoms with van der Waals surface area (Å²) in [6.07, 6.45) is 9.65. The van der Waals surface area contributed by atoms with Crippen LogP contribution < -0.4 is 0 Å². The summed E-state index contributed by atoms with van der Waals surface area (Å²) in [5.74, 6) is 0.905. The summed E-state index contributed by atoms with van der Waals surface area (Å²) in [5, 5.41) is 0. The lowest BCUT2D eigenvalue weighted by Gasteiger charge is -2.45. The molecule has 0 bridgehead atoms. The van der Waals surface area contributed by atoms with Gasteiger partial charge in [0.1, 0.15) is 0 Å². The quantitative estimate of drug-likeness (QED) is 0.709. The van der Waals surface area contributed by atoms with Crippen molar-refractivity contribution >= 4 is 0 Å². The molecule has 2 heteroatoms. The molecule has 0 aromatic carbocycles. The average molecular weight is 295 g/mol. The first-order valence-electron chi connectivity index (χ1n) is 9.41. The highest BCUT2D eigenvalue weighted by Crippen LogP contribution is 2.36. The molecule has 0 saturated carbocycles. The molecule has 124 valence electrons. The Morgan fingerprint density at radius 1 is 0.857 bits per heavy atom. The molecule has 2 fully saturated rings. The van der Waals surface area contributed by atoms with Gasteiger partial charge in [-0.15, -0.1) is 0 Å². The van der Waals surface area contributed by atoms with Crippen LogP contribution in [0.4, 0.5) is 0 Å². The van der Waals surface area contributed by atoms with E-state index in [9.17, 15) is 0 Å². The number of nitrogens with zero attached hydrogens (tertiary/aromatic N) is 2. The van der Waals surface area contributed by atoms with Crippen LogP contribution in [0.1, 0.15) is 79.6 Å². The van der Waals surface area contributed by atoms with Crippen LogP contribution in [-0.2, 0) is 0 Å². The van der Waals surface area contributed by atoms with Crippen molar-refractivity contribution in [3.63, 3.8) is 0 Å². The third kappa shape index (κ3) is 4.01. The minimum Gasteiger partial charge on any atom is -0.298 e. The number of likely N-dealkylation sites (tertiary alicyclic amines) is 2. The van der Waals surface area contributed by atoms with E-state index < -0.39 is 0 Å². The lowest BCUT2D eigenvalue weighted by atomic mass is 9.83. The normalized spacial score (nSPS) is 28.7. The SMILES string of the molecule is CCC(C)(C)N1CCC(CC(C)(CC)N2CCCCC2)C1. The summed E-state index contributed by atoms with van der Waals surface area (Å²) in [4.78, 5) is 5.55. The maximum atomic E-state index is 2.81. The molecule has 0 radical (unpaired) electrons. The van der Waals surface area contributed by atoms with Crippen LogP contribution in [0.5, 0.6) is 0 Å². The Hall–Kier alpha value is -0.0800. The lowest BCUT2D eigenvalue weighted by molar-refractivity contribution is 0.0529. The van der Waals surface area contributed by atoms with Crippen molar-refractivity contribution in [2.24, 2.45) is 5.92 Å². The van der Waals surface area contributed by atoms with Gasteiger partial charge in [-0.3, -0.25) is 9.80 Å². The fraction of sp³-hybridized carbons (Fsp3) is 1.00. The highest BCUT2D eigenvalue weighted by atomic mass is 15.2. The van der Waals surface area contributed by atoms with Gasteiger partial charge in [-0.2, -0.15) is 0 Å². The van der Waals surface area contributed by atoms with Gasteiger partial charge in [0.25, 0.3) is 0 Å². The molecular formula is C19H38N2. The summed E-state index contributed by atoms with van der Waals surface area (Å²) >= 11 is 0. The van der Waals surface area contributed by atoms with E-state index in [1.807, 2.05) is 0 Å². The first-order valence-corrected chi connectivity index (χ1v) is 9.41. The van der Waals surface area contributed by atoms with Crippen LogP contribution in [0.2, 0.25) is 0 Å². The summed E-state index contributed by atoms with van der Waals surface area (Å²) in [5.41, 5.74) is 0.833. The fourth-order valence-corrected chi connectivity index (χ4v) is 4.33. The highest BCUT2D eigenvalue weighted by molar-refractivity contribution is 4.94. The van der Waals surface area contributed by atoms with E-state index in [-0.39, 0.29) is 0 Å². The summed E-state index contributed by atoms with van der Waals surface area (Å²) < 4.78 is 0. The van der Waals surface area contributed by atoms with Crippen molar-refractivity contribution in [2.45, 2.75) is 90.6 Å². The van der Waals surface area contributed by atoms with Crippen LogP contribution in [0.3, 0.4) is 0 Å². The summed E-state index contributed by atoms with van der Waals surface area (Å²) in [7, 11) is 0. The molecule has 0 aromatic heterocycles. The smallest absolute Gasteiger partial charge is 0.0181 e. The van der Waals surface area contributed by atoms with Gasteiger partial charge < -0.3 is 0 Å². The van der Waals surface area contributed by atoms with E-state index in [4.69, 9.17) is 0 Å². The molecule has 21 heavy (non-hydrogen) atoms. The van der Waals surface area contributed by atoms with Crippen LogP contribution in [-0.4, -0.2) is 47.1 Å². The van der Waals surface area contributed by atoms with Gasteiger partial charge in [0.2, 0.25) is 0 Å². The number of piperidine rings is 1. The van der Waals surface area contributed by atoms with E-state index in [1.54, 1.807) is 0 Å². The first-order chi connectivity index (χ1) is 9.91. The van der Waals surface area contributed by atoms with Crippen molar-refractivity contribution in [2.75, 3.05) is 26.2 Å². The maximum Gasteiger partial charge on any atom is 0.0181 e. The Bertz CT molecular complexity index is 320. The van der Waals surface area contributed by atoms with Crippen molar-refractivity contribution in [1.29, 1.82) is 0 Å². The van der Waals surface area contributed by atoms with Gasteiger partial charge in [-0.1, -0.05) is 20.3 Å². The molecule has 0 spiro atoms. The Balaban J connectivity index is 1.93. The number of hydrogen-bond donors (Lipinski definition) is 0. The molecule has 2 saturated heterocycles. The predicted octanol–water partition coefficient (Wildman–Crippen LogP) is 4.54. The second-order valence-electron chi connectivity index (χ2n) is 8.37. The maximum absolute atomic E-state index is 2.81. The molecule has 0 amide bonds. The van der Waals surface area contributed by atoms with Crippen molar-refractivity contribution in [3.8, 4) is 0 Å². The molecule has 2 rings (SSSR count). The van der Waals surface area contributed by atoms with Crippen LogP contribution in [0.15, 0.2) is 0 Å². The Morgan fingerprint density at radius 2 is 1.52 bits per heavy atom. The van der Waals surface area contributed by atoms with Crippen LogP contribution >= 0.6 is 0 Å². The van der Waals surface area contributed by atoms with Gasteiger partial charge in [-0.05, 0) is 84.8 Å². The third-order valence-corrected chi connectivity index (χ3v) is 6.62. The van der Waals surface area contributed by atoms with Gasteiger partial charge in [0, 0.05) is 17.6 Å². The van der Waals surface area contributed by atoms with E-state index >= 15 is 0 Å². The van der Waals surface area contributed by atoms with Gasteiger partial charge >= 0.3 is 0 Å². The van der Waals surface area contributed by atoms with Crippen LogP contribution in [0, 0.1) is 5.92 Å². The Kier molecular flexibility index (Phi) is 5.76. The fourth-order valence-electron chi connectivity index (χ4n) is 4.33. The Morgan fingerprint density at radius 3 is 2.10 bits per heavy atom. The zero-order chi connectivity index (χ0) is 15.5. The first kappa shape index (κ1) is 17.3. The average Bonchev–Trinajstić information content (AvgIpc) is 2.97. The molecule has 2 nitrogen and oxygen atoms in total. The molecule has 2 aliphatic rings. The number of rotatable bonds is 6. The zero-order valence-corrected chi connectivity index (χ0v) is 15.2. The van der Waals surface area contributed by atoms with Crippen LogP contribution in [0.25, 0.3) is 0 Å².